The van der Waals surface area contributed by atoms with Gasteiger partial charge in [-0.15, -0.1) is 0 Å². The van der Waals surface area contributed by atoms with Gasteiger partial charge in [0.2, 0.25) is 0 Å². The number of rotatable bonds is 11. The minimum absolute atomic E-state index is 0.370. The van der Waals surface area contributed by atoms with Crippen LogP contribution in [0.25, 0.3) is 0 Å². The van der Waals surface area contributed by atoms with Crippen LogP contribution < -0.4 is 9.47 Å². The molecule has 0 atom stereocenters. The van der Waals surface area contributed by atoms with Gasteiger partial charge in [-0.1, -0.05) is 51.7 Å². The highest BCUT2D eigenvalue weighted by molar-refractivity contribution is 5.91. The van der Waals surface area contributed by atoms with Crippen LogP contribution in [0.15, 0.2) is 42.5 Å². The molecule has 0 spiro atoms. The van der Waals surface area contributed by atoms with Crippen LogP contribution in [0.4, 0.5) is 0 Å². The van der Waals surface area contributed by atoms with Crippen LogP contribution in [0.1, 0.15) is 80.1 Å². The van der Waals surface area contributed by atoms with Crippen LogP contribution in [0.2, 0.25) is 0 Å². The van der Waals surface area contributed by atoms with Crippen molar-refractivity contribution in [1.82, 2.24) is 0 Å². The predicted molar refractivity (Wildman–Crippen MR) is 125 cm³/mol. The lowest BCUT2D eigenvalue weighted by atomic mass is 10.0. The number of carbonyl (C=O) groups excluding carboxylic acids is 1. The third-order valence-electron chi connectivity index (χ3n) is 5.72. The molecule has 0 aromatic heterocycles. The second-order valence-corrected chi connectivity index (χ2v) is 8.50. The Morgan fingerprint density at radius 1 is 0.969 bits per heavy atom. The van der Waals surface area contributed by atoms with Crippen molar-refractivity contribution in [3.63, 3.8) is 0 Å². The van der Waals surface area contributed by atoms with E-state index in [1.54, 1.807) is 18.2 Å². The number of hydrogen-bond acceptors (Lipinski definition) is 5. The Labute approximate surface area is 192 Å². The first-order chi connectivity index (χ1) is 15.6. The Balaban J connectivity index is 1.51. The first-order valence-electron chi connectivity index (χ1n) is 11.9. The molecule has 0 amide bonds. The summed E-state index contributed by atoms with van der Waals surface area (Å²) in [5.41, 5.74) is 2.27. The number of unbranched alkanes of at least 4 members (excludes halogenated alkanes) is 3. The van der Waals surface area contributed by atoms with Gasteiger partial charge in [0.1, 0.15) is 11.5 Å². The summed E-state index contributed by atoms with van der Waals surface area (Å²) in [6.07, 6.45) is 6.59. The second-order valence-electron chi connectivity index (χ2n) is 8.50. The summed E-state index contributed by atoms with van der Waals surface area (Å²) in [7, 11) is 0. The number of esters is 1. The molecule has 0 unspecified atom stereocenters. The largest absolute Gasteiger partial charge is 0.494 e. The first-order valence-corrected chi connectivity index (χ1v) is 11.9. The summed E-state index contributed by atoms with van der Waals surface area (Å²) in [4.78, 5) is 12.6. The van der Waals surface area contributed by atoms with Gasteiger partial charge in [-0.2, -0.15) is 0 Å². The van der Waals surface area contributed by atoms with Crippen molar-refractivity contribution in [3.8, 4) is 11.5 Å². The number of ether oxygens (including phenoxy) is 4. The van der Waals surface area contributed by atoms with Crippen molar-refractivity contribution in [2.45, 2.75) is 65.6 Å². The van der Waals surface area contributed by atoms with E-state index in [0.717, 1.165) is 49.4 Å². The molecule has 5 heteroatoms. The molecule has 1 saturated heterocycles. The molecular formula is C27H36O5. The van der Waals surface area contributed by atoms with E-state index in [1.165, 1.54) is 19.3 Å². The van der Waals surface area contributed by atoms with Crippen molar-refractivity contribution in [1.29, 1.82) is 0 Å². The van der Waals surface area contributed by atoms with Crippen LogP contribution >= 0.6 is 0 Å². The first kappa shape index (κ1) is 24.3. The molecule has 0 radical (unpaired) electrons. The maximum Gasteiger partial charge on any atom is 0.343 e. The van der Waals surface area contributed by atoms with Gasteiger partial charge in [-0.3, -0.25) is 0 Å². The third kappa shape index (κ3) is 7.07. The van der Waals surface area contributed by atoms with Crippen LogP contribution in [0.3, 0.4) is 0 Å². The quantitative estimate of drug-likeness (QED) is 0.223. The molecule has 174 valence electrons. The standard InChI is InChI=1S/C27H36O5/c1-4-6-8-9-21-18-30-27(31-19-21)23-12-10-22(11-13-23)26(28)32-25-15-14-24(17-20(25)3)29-16-7-5-2/h10-15,17,21,27H,4-9,16,18-19H2,1-3H3. The molecule has 0 saturated carbocycles. The van der Waals surface area contributed by atoms with Crippen LogP contribution in [0.5, 0.6) is 11.5 Å². The highest BCUT2D eigenvalue weighted by atomic mass is 16.7. The van der Waals surface area contributed by atoms with Crippen LogP contribution in [-0.2, 0) is 9.47 Å². The molecule has 1 fully saturated rings. The number of carbonyl (C=O) groups is 1. The molecule has 1 aliphatic rings. The number of aryl methyl sites for hydroxylation is 1. The Morgan fingerprint density at radius 2 is 1.69 bits per heavy atom. The van der Waals surface area contributed by atoms with Gasteiger partial charge in [0.15, 0.2) is 6.29 Å². The van der Waals surface area contributed by atoms with E-state index >= 15 is 0 Å². The van der Waals surface area contributed by atoms with Crippen molar-refractivity contribution in [2.75, 3.05) is 19.8 Å². The summed E-state index contributed by atoms with van der Waals surface area (Å²) < 4.78 is 23.1. The third-order valence-corrected chi connectivity index (χ3v) is 5.72. The lowest BCUT2D eigenvalue weighted by Gasteiger charge is -2.29. The maximum absolute atomic E-state index is 12.6. The monoisotopic (exact) mass is 440 g/mol. The van der Waals surface area contributed by atoms with Gasteiger partial charge in [-0.05, 0) is 55.7 Å². The van der Waals surface area contributed by atoms with E-state index in [2.05, 4.69) is 13.8 Å². The van der Waals surface area contributed by atoms with Crippen molar-refractivity contribution >= 4 is 5.97 Å². The Hall–Kier alpha value is -2.37. The van der Waals surface area contributed by atoms with E-state index in [9.17, 15) is 4.79 Å². The van der Waals surface area contributed by atoms with Crippen molar-refractivity contribution < 1.29 is 23.7 Å². The molecule has 1 heterocycles. The molecule has 2 aromatic rings. The summed E-state index contributed by atoms with van der Waals surface area (Å²) in [6, 6.07) is 12.8. The minimum Gasteiger partial charge on any atom is -0.494 e. The fraction of sp³-hybridized carbons (Fsp3) is 0.519. The van der Waals surface area contributed by atoms with Gasteiger partial charge >= 0.3 is 5.97 Å². The van der Waals surface area contributed by atoms with Gasteiger partial charge in [0, 0.05) is 11.5 Å². The van der Waals surface area contributed by atoms with E-state index in [1.807, 2.05) is 31.2 Å². The summed E-state index contributed by atoms with van der Waals surface area (Å²) in [6.45, 7) is 8.38. The van der Waals surface area contributed by atoms with Crippen molar-refractivity contribution in [3.05, 3.63) is 59.2 Å². The number of hydrogen-bond donors (Lipinski definition) is 0. The van der Waals surface area contributed by atoms with Crippen molar-refractivity contribution in [2.24, 2.45) is 5.92 Å². The SMILES string of the molecule is CCCCCC1COC(c2ccc(C(=O)Oc3ccc(OCCCC)cc3C)cc2)OC1. The molecule has 3 rings (SSSR count). The molecule has 1 aliphatic heterocycles. The van der Waals surface area contributed by atoms with Gasteiger partial charge in [-0.25, -0.2) is 4.79 Å². The Bertz CT molecular complexity index is 838. The molecule has 0 N–H and O–H groups in total. The highest BCUT2D eigenvalue weighted by Gasteiger charge is 2.23. The van der Waals surface area contributed by atoms with Gasteiger partial charge < -0.3 is 18.9 Å². The van der Waals surface area contributed by atoms with Gasteiger partial charge in [0.05, 0.1) is 25.4 Å². The topological polar surface area (TPSA) is 54.0 Å². The fourth-order valence-corrected chi connectivity index (χ4v) is 3.68. The molecule has 0 aliphatic carbocycles. The average Bonchev–Trinajstić information content (AvgIpc) is 2.82. The van der Waals surface area contributed by atoms with E-state index in [4.69, 9.17) is 18.9 Å². The zero-order valence-electron chi connectivity index (χ0n) is 19.6. The molecule has 32 heavy (non-hydrogen) atoms. The van der Waals surface area contributed by atoms with Gasteiger partial charge in [0.25, 0.3) is 0 Å². The summed E-state index contributed by atoms with van der Waals surface area (Å²) in [5.74, 6) is 1.41. The van der Waals surface area contributed by atoms with E-state index in [-0.39, 0.29) is 12.3 Å². The maximum atomic E-state index is 12.6. The number of benzene rings is 2. The minimum atomic E-state index is -0.388. The highest BCUT2D eigenvalue weighted by Crippen LogP contribution is 2.28. The summed E-state index contributed by atoms with van der Waals surface area (Å²) >= 11 is 0. The zero-order valence-corrected chi connectivity index (χ0v) is 19.6. The Kier molecular flexibility index (Phi) is 9.57. The predicted octanol–water partition coefficient (Wildman–Crippen LogP) is 6.64. The van der Waals surface area contributed by atoms with E-state index in [0.29, 0.717) is 23.8 Å². The molecular weight excluding hydrogens is 404 g/mol. The van der Waals surface area contributed by atoms with E-state index < -0.39 is 0 Å². The summed E-state index contributed by atoms with van der Waals surface area (Å²) in [5, 5.41) is 0. The lowest BCUT2D eigenvalue weighted by molar-refractivity contribution is -0.206. The molecule has 2 aromatic carbocycles. The second kappa shape index (κ2) is 12.6. The zero-order chi connectivity index (χ0) is 22.8. The molecule has 5 nitrogen and oxygen atoms in total. The fourth-order valence-electron chi connectivity index (χ4n) is 3.68. The average molecular weight is 441 g/mol. The molecule has 0 bridgehead atoms. The smallest absolute Gasteiger partial charge is 0.343 e. The normalized spacial score (nSPS) is 18.3. The van der Waals surface area contributed by atoms with Crippen LogP contribution in [-0.4, -0.2) is 25.8 Å². The lowest BCUT2D eigenvalue weighted by Crippen LogP contribution is -2.27. The van der Waals surface area contributed by atoms with Crippen LogP contribution in [0, 0.1) is 12.8 Å². The Morgan fingerprint density at radius 3 is 2.34 bits per heavy atom.